The molecule has 1 aromatic heterocycles. The molecule has 1 N–H and O–H groups in total. The predicted octanol–water partition coefficient (Wildman–Crippen LogP) is 4.56. The molecule has 0 amide bonds. The number of rotatable bonds is 6. The number of anilines is 1. The molecule has 0 spiro atoms. The maximum Gasteiger partial charge on any atom is 0.233 e. The van der Waals surface area contributed by atoms with E-state index >= 15 is 0 Å². The van der Waals surface area contributed by atoms with E-state index in [1.165, 1.54) is 12.1 Å². The van der Waals surface area contributed by atoms with Crippen molar-refractivity contribution in [2.45, 2.75) is 28.9 Å². The molecule has 1 fully saturated rings. The van der Waals surface area contributed by atoms with Crippen LogP contribution in [0.3, 0.4) is 0 Å². The van der Waals surface area contributed by atoms with Gasteiger partial charge < -0.3 is 14.5 Å². The van der Waals surface area contributed by atoms with E-state index in [1.807, 2.05) is 0 Å². The van der Waals surface area contributed by atoms with E-state index in [0.717, 1.165) is 25.0 Å². The zero-order valence-electron chi connectivity index (χ0n) is 15.3. The monoisotopic (exact) mass is 436 g/mol. The number of nitrogens with zero attached hydrogens (tertiary/aromatic N) is 1. The maximum atomic E-state index is 13.2. The van der Waals surface area contributed by atoms with E-state index in [1.54, 1.807) is 24.3 Å². The highest BCUT2D eigenvalue weighted by Crippen LogP contribution is 2.33. The van der Waals surface area contributed by atoms with Crippen LogP contribution in [0.15, 0.2) is 62.9 Å². The first-order valence-electron chi connectivity index (χ1n) is 9.06. The molecule has 2 aromatic carbocycles. The predicted molar refractivity (Wildman–Crippen MR) is 106 cm³/mol. The summed E-state index contributed by atoms with van der Waals surface area (Å²) in [5.41, 5.74) is 0.579. The van der Waals surface area contributed by atoms with Crippen LogP contribution in [0.4, 0.5) is 10.3 Å². The molecule has 1 aliphatic rings. The third-order valence-electron chi connectivity index (χ3n) is 4.58. The summed E-state index contributed by atoms with van der Waals surface area (Å²) < 4.78 is 50.8. The lowest BCUT2D eigenvalue weighted by Crippen LogP contribution is -2.19. The second kappa shape index (κ2) is 8.14. The van der Waals surface area contributed by atoms with E-state index in [4.69, 9.17) is 20.8 Å². The number of aromatic nitrogens is 1. The molecular formula is C20H18ClFN2O4S. The van der Waals surface area contributed by atoms with Crippen LogP contribution in [-0.4, -0.2) is 32.7 Å². The van der Waals surface area contributed by atoms with Crippen LogP contribution in [0.5, 0.6) is 0 Å². The molecule has 4 rings (SSSR count). The molecule has 1 atom stereocenters. The number of nitrogens with one attached hydrogen (secondary N) is 1. The summed E-state index contributed by atoms with van der Waals surface area (Å²) in [6.07, 6.45) is 1.81. The minimum absolute atomic E-state index is 0.0229. The van der Waals surface area contributed by atoms with Gasteiger partial charge in [0, 0.05) is 23.7 Å². The van der Waals surface area contributed by atoms with Gasteiger partial charge in [0.15, 0.2) is 0 Å². The summed E-state index contributed by atoms with van der Waals surface area (Å²) >= 11 is 5.92. The van der Waals surface area contributed by atoms with Crippen molar-refractivity contribution in [3.8, 4) is 11.5 Å². The topological polar surface area (TPSA) is 81.4 Å². The average Bonchev–Trinajstić information content (AvgIpc) is 3.37. The molecule has 1 aliphatic heterocycles. The highest BCUT2D eigenvalue weighted by molar-refractivity contribution is 7.91. The fraction of sp³-hybridized carbons (Fsp3) is 0.250. The van der Waals surface area contributed by atoms with E-state index < -0.39 is 15.7 Å². The summed E-state index contributed by atoms with van der Waals surface area (Å²) in [6.45, 7) is 1.07. The first-order valence-corrected chi connectivity index (χ1v) is 10.9. The molecule has 6 nitrogen and oxygen atoms in total. The Morgan fingerprint density at radius 2 is 1.86 bits per heavy atom. The normalized spacial score (nSPS) is 16.8. The minimum atomic E-state index is -4.03. The van der Waals surface area contributed by atoms with Gasteiger partial charge >= 0.3 is 0 Å². The van der Waals surface area contributed by atoms with Gasteiger partial charge in [-0.25, -0.2) is 12.8 Å². The van der Waals surface area contributed by atoms with Crippen molar-refractivity contribution in [2.24, 2.45) is 0 Å². The summed E-state index contributed by atoms with van der Waals surface area (Å²) in [5, 5.41) is 3.29. The minimum Gasteiger partial charge on any atom is -0.419 e. The summed E-state index contributed by atoms with van der Waals surface area (Å²) in [6, 6.07) is 11.3. The smallest absolute Gasteiger partial charge is 0.233 e. The molecule has 9 heteroatoms. The van der Waals surface area contributed by atoms with E-state index in [-0.39, 0.29) is 27.8 Å². The quantitative estimate of drug-likeness (QED) is 0.570. The van der Waals surface area contributed by atoms with Gasteiger partial charge in [0.25, 0.3) is 0 Å². The summed E-state index contributed by atoms with van der Waals surface area (Å²) in [7, 11) is -4.03. The Labute approximate surface area is 172 Å². The molecule has 0 aliphatic carbocycles. The van der Waals surface area contributed by atoms with Crippen molar-refractivity contribution < 1.29 is 22.0 Å². The number of sulfone groups is 1. The van der Waals surface area contributed by atoms with Crippen LogP contribution in [0, 0.1) is 5.82 Å². The maximum absolute atomic E-state index is 13.2. The molecular weight excluding hydrogens is 419 g/mol. The summed E-state index contributed by atoms with van der Waals surface area (Å²) in [5.74, 6) is -0.366. The van der Waals surface area contributed by atoms with Gasteiger partial charge in [-0.05, 0) is 61.4 Å². The third kappa shape index (κ3) is 4.29. The van der Waals surface area contributed by atoms with Crippen LogP contribution in [-0.2, 0) is 14.6 Å². The van der Waals surface area contributed by atoms with Crippen LogP contribution in [0.2, 0.25) is 5.02 Å². The average molecular weight is 437 g/mol. The Hall–Kier alpha value is -2.42. The van der Waals surface area contributed by atoms with Crippen molar-refractivity contribution in [1.29, 1.82) is 0 Å². The second-order valence-corrected chi connectivity index (χ2v) is 8.93. The van der Waals surface area contributed by atoms with Gasteiger partial charge in [-0.2, -0.15) is 4.98 Å². The van der Waals surface area contributed by atoms with Crippen LogP contribution < -0.4 is 5.32 Å². The number of benzene rings is 2. The largest absolute Gasteiger partial charge is 0.419 e. The number of halogens is 2. The van der Waals surface area contributed by atoms with Crippen LogP contribution in [0.1, 0.15) is 12.8 Å². The van der Waals surface area contributed by atoms with E-state index in [9.17, 15) is 12.8 Å². The van der Waals surface area contributed by atoms with Gasteiger partial charge in [-0.1, -0.05) is 11.6 Å². The highest BCUT2D eigenvalue weighted by atomic mass is 35.5. The molecule has 0 saturated carbocycles. The first kappa shape index (κ1) is 19.9. The molecule has 29 heavy (non-hydrogen) atoms. The third-order valence-corrected chi connectivity index (χ3v) is 6.51. The molecule has 0 bridgehead atoms. The number of hydrogen-bond donors (Lipinski definition) is 1. The lowest BCUT2D eigenvalue weighted by atomic mass is 10.2. The molecule has 152 valence electrons. The molecule has 3 aromatic rings. The van der Waals surface area contributed by atoms with Gasteiger partial charge in [-0.15, -0.1) is 0 Å². The Morgan fingerprint density at radius 1 is 1.14 bits per heavy atom. The van der Waals surface area contributed by atoms with Gasteiger partial charge in [-0.3, -0.25) is 0 Å². The Kier molecular flexibility index (Phi) is 5.58. The summed E-state index contributed by atoms with van der Waals surface area (Å²) in [4.78, 5) is 4.16. The molecule has 0 unspecified atom stereocenters. The molecule has 2 heterocycles. The lowest BCUT2D eigenvalue weighted by molar-refractivity contribution is 0.120. The lowest BCUT2D eigenvalue weighted by Gasteiger charge is -2.10. The Balaban J connectivity index is 1.73. The molecule has 0 radical (unpaired) electrons. The fourth-order valence-electron chi connectivity index (χ4n) is 3.05. The number of hydrogen-bond acceptors (Lipinski definition) is 6. The first-order chi connectivity index (χ1) is 13.9. The van der Waals surface area contributed by atoms with Crippen molar-refractivity contribution in [2.75, 3.05) is 18.5 Å². The van der Waals surface area contributed by atoms with Crippen LogP contribution in [0.25, 0.3) is 11.5 Å². The number of ether oxygens (including phenoxy) is 1. The van der Waals surface area contributed by atoms with Crippen molar-refractivity contribution in [1.82, 2.24) is 4.98 Å². The zero-order valence-corrected chi connectivity index (χ0v) is 16.8. The fourth-order valence-corrected chi connectivity index (χ4v) is 4.46. The van der Waals surface area contributed by atoms with Gasteiger partial charge in [0.05, 0.1) is 11.0 Å². The van der Waals surface area contributed by atoms with Gasteiger partial charge in [0.2, 0.25) is 26.6 Å². The standard InChI is InChI=1S/C20H18ClFN2O4S/c21-14-5-3-13(4-6-14)18-24-20(19(28-18)23-12-16-2-1-11-27-16)29(25,26)17-9-7-15(22)8-10-17/h3-10,16,23H,1-2,11-12H2/t16-/m1/s1. The van der Waals surface area contributed by atoms with Crippen molar-refractivity contribution >= 4 is 27.3 Å². The SMILES string of the molecule is O=S(=O)(c1ccc(F)cc1)c1nc(-c2ccc(Cl)cc2)oc1NC[C@H]1CCCO1. The van der Waals surface area contributed by atoms with Crippen LogP contribution >= 0.6 is 11.6 Å². The number of oxazole rings is 1. The van der Waals surface area contributed by atoms with E-state index in [0.29, 0.717) is 23.7 Å². The van der Waals surface area contributed by atoms with E-state index in [2.05, 4.69) is 10.3 Å². The van der Waals surface area contributed by atoms with Crippen molar-refractivity contribution in [3.05, 3.63) is 59.4 Å². The second-order valence-electron chi connectivity index (χ2n) is 6.63. The van der Waals surface area contributed by atoms with Gasteiger partial charge in [0.1, 0.15) is 5.82 Å². The Morgan fingerprint density at radius 3 is 2.52 bits per heavy atom. The Bertz CT molecular complexity index is 1090. The molecule has 1 saturated heterocycles. The zero-order chi connectivity index (χ0) is 20.4. The highest BCUT2D eigenvalue weighted by Gasteiger charge is 2.29. The van der Waals surface area contributed by atoms with Crippen molar-refractivity contribution in [3.63, 3.8) is 0 Å².